The minimum Gasteiger partial charge on any atom is -0.338 e. The molecule has 6 heteroatoms. The van der Waals surface area contributed by atoms with Crippen molar-refractivity contribution in [3.05, 3.63) is 34.1 Å². The van der Waals surface area contributed by atoms with E-state index < -0.39 is 0 Å². The number of hydrogen-bond acceptors (Lipinski definition) is 6. The summed E-state index contributed by atoms with van der Waals surface area (Å²) in [5.74, 6) is 1.25. The van der Waals surface area contributed by atoms with Gasteiger partial charge in [-0.1, -0.05) is 11.2 Å². The summed E-state index contributed by atoms with van der Waals surface area (Å²) in [5, 5.41) is 6.07. The third-order valence-corrected chi connectivity index (χ3v) is 3.89. The van der Waals surface area contributed by atoms with Crippen LogP contribution in [0, 0.1) is 0 Å². The van der Waals surface area contributed by atoms with Crippen LogP contribution in [0.2, 0.25) is 0 Å². The molecular weight excluding hydrogens is 248 g/mol. The highest BCUT2D eigenvalue weighted by molar-refractivity contribution is 7.09. The van der Waals surface area contributed by atoms with Crippen molar-refractivity contribution in [1.29, 1.82) is 0 Å². The maximum Gasteiger partial charge on any atom is 0.240 e. The molecule has 2 aromatic heterocycles. The van der Waals surface area contributed by atoms with Crippen molar-refractivity contribution >= 4 is 11.3 Å². The van der Waals surface area contributed by atoms with Gasteiger partial charge in [0.2, 0.25) is 5.89 Å². The molecular formula is C12H16N4OS. The Labute approximate surface area is 110 Å². The molecule has 2 N–H and O–H groups in total. The van der Waals surface area contributed by atoms with E-state index in [0.717, 1.165) is 18.9 Å². The quantitative estimate of drug-likeness (QED) is 0.861. The van der Waals surface area contributed by atoms with Gasteiger partial charge in [0, 0.05) is 17.5 Å². The smallest absolute Gasteiger partial charge is 0.240 e. The maximum absolute atomic E-state index is 5.47. The molecule has 0 spiro atoms. The van der Waals surface area contributed by atoms with Gasteiger partial charge in [-0.3, -0.25) is 4.90 Å². The molecule has 0 atom stereocenters. The van der Waals surface area contributed by atoms with E-state index in [0.29, 0.717) is 18.5 Å². The fraction of sp³-hybridized carbons (Fsp3) is 0.500. The molecule has 1 aliphatic rings. The van der Waals surface area contributed by atoms with Gasteiger partial charge in [-0.25, -0.2) is 0 Å². The monoisotopic (exact) mass is 264 g/mol. The molecule has 96 valence electrons. The maximum atomic E-state index is 5.47. The minimum absolute atomic E-state index is 0.307. The number of rotatable bonds is 6. The fourth-order valence-electron chi connectivity index (χ4n) is 1.98. The first-order chi connectivity index (χ1) is 8.85. The Morgan fingerprint density at radius 3 is 2.94 bits per heavy atom. The molecule has 0 radical (unpaired) electrons. The van der Waals surface area contributed by atoms with E-state index in [2.05, 4.69) is 32.6 Å². The second kappa shape index (κ2) is 5.17. The van der Waals surface area contributed by atoms with E-state index in [1.54, 1.807) is 11.3 Å². The van der Waals surface area contributed by atoms with Gasteiger partial charge in [0.05, 0.1) is 13.1 Å². The summed E-state index contributed by atoms with van der Waals surface area (Å²) < 4.78 is 5.04. The summed E-state index contributed by atoms with van der Waals surface area (Å²) in [6, 6.07) is 4.93. The van der Waals surface area contributed by atoms with Crippen molar-refractivity contribution in [2.24, 2.45) is 5.73 Å². The second-order valence-electron chi connectivity index (χ2n) is 4.52. The van der Waals surface area contributed by atoms with Gasteiger partial charge in [-0.2, -0.15) is 4.98 Å². The first-order valence-electron chi connectivity index (χ1n) is 6.13. The van der Waals surface area contributed by atoms with Crippen LogP contribution in [-0.2, 0) is 19.6 Å². The highest BCUT2D eigenvalue weighted by Crippen LogP contribution is 2.30. The molecule has 2 aromatic rings. The summed E-state index contributed by atoms with van der Waals surface area (Å²) >= 11 is 1.79. The molecule has 0 unspecified atom stereocenters. The zero-order valence-electron chi connectivity index (χ0n) is 10.1. The van der Waals surface area contributed by atoms with Gasteiger partial charge in [-0.15, -0.1) is 11.3 Å². The topological polar surface area (TPSA) is 68.2 Å². The summed E-state index contributed by atoms with van der Waals surface area (Å²) in [5.41, 5.74) is 5.47. The van der Waals surface area contributed by atoms with E-state index in [4.69, 9.17) is 10.3 Å². The average molecular weight is 264 g/mol. The molecule has 0 aromatic carbocycles. The highest BCUT2D eigenvalue weighted by Gasteiger charge is 2.30. The Balaban J connectivity index is 1.66. The van der Waals surface area contributed by atoms with Crippen LogP contribution < -0.4 is 5.73 Å². The van der Waals surface area contributed by atoms with Gasteiger partial charge < -0.3 is 10.3 Å². The first kappa shape index (κ1) is 11.8. The summed E-state index contributed by atoms with van der Waals surface area (Å²) in [6.07, 6.45) is 2.54. The Bertz CT molecular complexity index is 492. The van der Waals surface area contributed by atoms with Crippen LogP contribution >= 0.6 is 11.3 Å². The molecule has 3 rings (SSSR count). The van der Waals surface area contributed by atoms with Gasteiger partial charge in [0.25, 0.3) is 0 Å². The molecule has 5 nitrogen and oxygen atoms in total. The van der Waals surface area contributed by atoms with Crippen LogP contribution in [0.1, 0.15) is 29.4 Å². The van der Waals surface area contributed by atoms with E-state index in [-0.39, 0.29) is 0 Å². The molecule has 0 aliphatic heterocycles. The standard InChI is InChI=1S/C12H16N4OS/c13-6-12-14-11(15-17-12)8-16(9-3-4-9)7-10-2-1-5-18-10/h1-2,5,9H,3-4,6-8,13H2. The number of thiophene rings is 1. The first-order valence-corrected chi connectivity index (χ1v) is 7.01. The zero-order valence-corrected chi connectivity index (χ0v) is 10.9. The SMILES string of the molecule is NCc1nc(CN(Cc2cccs2)C2CC2)no1. The third-order valence-electron chi connectivity index (χ3n) is 3.03. The van der Waals surface area contributed by atoms with Crippen LogP contribution in [0.5, 0.6) is 0 Å². The van der Waals surface area contributed by atoms with Crippen molar-refractivity contribution in [3.8, 4) is 0 Å². The summed E-state index contributed by atoms with van der Waals surface area (Å²) in [7, 11) is 0. The highest BCUT2D eigenvalue weighted by atomic mass is 32.1. The van der Waals surface area contributed by atoms with Crippen LogP contribution in [0.3, 0.4) is 0 Å². The van der Waals surface area contributed by atoms with Crippen molar-refractivity contribution in [2.75, 3.05) is 0 Å². The zero-order chi connectivity index (χ0) is 12.4. The van der Waals surface area contributed by atoms with Crippen molar-refractivity contribution in [3.63, 3.8) is 0 Å². The fourth-order valence-corrected chi connectivity index (χ4v) is 2.70. The molecule has 18 heavy (non-hydrogen) atoms. The van der Waals surface area contributed by atoms with E-state index in [9.17, 15) is 0 Å². The van der Waals surface area contributed by atoms with E-state index in [1.807, 2.05) is 0 Å². The van der Waals surface area contributed by atoms with Crippen LogP contribution in [-0.4, -0.2) is 21.1 Å². The molecule has 0 saturated heterocycles. The number of aromatic nitrogens is 2. The molecule has 1 saturated carbocycles. The average Bonchev–Trinajstić information content (AvgIpc) is 2.92. The predicted octanol–water partition coefficient (Wildman–Crippen LogP) is 1.75. The predicted molar refractivity (Wildman–Crippen MR) is 68.8 cm³/mol. The van der Waals surface area contributed by atoms with E-state index >= 15 is 0 Å². The van der Waals surface area contributed by atoms with Gasteiger partial charge in [0.1, 0.15) is 0 Å². The lowest BCUT2D eigenvalue weighted by Gasteiger charge is -2.18. The van der Waals surface area contributed by atoms with Crippen LogP contribution in [0.15, 0.2) is 22.0 Å². The number of hydrogen-bond donors (Lipinski definition) is 1. The van der Waals surface area contributed by atoms with Crippen molar-refractivity contribution in [2.45, 2.75) is 38.5 Å². The van der Waals surface area contributed by atoms with Gasteiger partial charge >= 0.3 is 0 Å². The number of nitrogens with two attached hydrogens (primary N) is 1. The largest absolute Gasteiger partial charge is 0.338 e. The third kappa shape index (κ3) is 2.77. The molecule has 2 heterocycles. The van der Waals surface area contributed by atoms with Gasteiger partial charge in [-0.05, 0) is 24.3 Å². The lowest BCUT2D eigenvalue weighted by molar-refractivity contribution is 0.237. The van der Waals surface area contributed by atoms with E-state index in [1.165, 1.54) is 17.7 Å². The molecule has 0 bridgehead atoms. The normalized spacial score (nSPS) is 15.4. The number of nitrogens with zero attached hydrogens (tertiary/aromatic N) is 3. The Morgan fingerprint density at radius 2 is 2.33 bits per heavy atom. The minimum atomic E-state index is 0.307. The Morgan fingerprint density at radius 1 is 1.44 bits per heavy atom. The van der Waals surface area contributed by atoms with Crippen molar-refractivity contribution in [1.82, 2.24) is 15.0 Å². The summed E-state index contributed by atoms with van der Waals surface area (Å²) in [4.78, 5) is 8.06. The van der Waals surface area contributed by atoms with Crippen LogP contribution in [0.4, 0.5) is 0 Å². The molecule has 1 fully saturated rings. The second-order valence-corrected chi connectivity index (χ2v) is 5.56. The molecule has 1 aliphatic carbocycles. The van der Waals surface area contributed by atoms with Gasteiger partial charge in [0.15, 0.2) is 5.82 Å². The lowest BCUT2D eigenvalue weighted by atomic mass is 10.4. The Hall–Kier alpha value is -1.24. The van der Waals surface area contributed by atoms with Crippen LogP contribution in [0.25, 0.3) is 0 Å². The lowest BCUT2D eigenvalue weighted by Crippen LogP contribution is -2.25. The molecule has 0 amide bonds. The summed E-state index contributed by atoms with van der Waals surface area (Å²) in [6.45, 7) is 2.02. The van der Waals surface area contributed by atoms with Crippen molar-refractivity contribution < 1.29 is 4.52 Å². The Kier molecular flexibility index (Phi) is 3.40.